The quantitative estimate of drug-likeness (QED) is 0.687. The second-order valence-electron chi connectivity index (χ2n) is 5.19. The minimum absolute atomic E-state index is 0.0822. The van der Waals surface area contributed by atoms with Crippen LogP contribution in [-0.2, 0) is 11.2 Å². The molecule has 0 spiro atoms. The number of pyridine rings is 1. The summed E-state index contributed by atoms with van der Waals surface area (Å²) in [5, 5.41) is 6.04. The molecule has 0 atom stereocenters. The van der Waals surface area contributed by atoms with E-state index in [1.165, 1.54) is 0 Å². The summed E-state index contributed by atoms with van der Waals surface area (Å²) in [6, 6.07) is 3.66. The lowest BCUT2D eigenvalue weighted by atomic mass is 10.1. The number of nitrogens with one attached hydrogen (secondary N) is 2. The van der Waals surface area contributed by atoms with E-state index in [0.717, 1.165) is 30.9 Å². The minimum atomic E-state index is -0.0822. The van der Waals surface area contributed by atoms with Crippen molar-refractivity contribution < 1.29 is 9.53 Å². The van der Waals surface area contributed by atoms with Crippen LogP contribution >= 0.6 is 0 Å². The summed E-state index contributed by atoms with van der Waals surface area (Å²) in [7, 11) is 0. The van der Waals surface area contributed by atoms with Crippen molar-refractivity contribution in [1.82, 2.24) is 10.3 Å². The van der Waals surface area contributed by atoms with E-state index in [1.807, 2.05) is 26.8 Å². The predicted molar refractivity (Wildman–Crippen MR) is 85.8 cm³/mol. The maximum atomic E-state index is 12.2. The van der Waals surface area contributed by atoms with Gasteiger partial charge in [-0.3, -0.25) is 4.79 Å². The Kier molecular flexibility index (Phi) is 7.75. The third-order valence-electron chi connectivity index (χ3n) is 2.84. The number of carbonyl (C=O) groups excluding carboxylic acids is 1. The average molecular weight is 293 g/mol. The molecule has 118 valence electrons. The lowest BCUT2D eigenvalue weighted by molar-refractivity contribution is 0.0746. The summed E-state index contributed by atoms with van der Waals surface area (Å²) in [6.07, 6.45) is 2.06. The molecule has 0 aromatic carbocycles. The van der Waals surface area contributed by atoms with Gasteiger partial charge in [-0.25, -0.2) is 4.98 Å². The fourth-order valence-electron chi connectivity index (χ4n) is 1.94. The van der Waals surface area contributed by atoms with Gasteiger partial charge in [0.2, 0.25) is 0 Å². The maximum Gasteiger partial charge on any atom is 0.251 e. The van der Waals surface area contributed by atoms with Gasteiger partial charge in [-0.05, 0) is 39.3 Å². The number of anilines is 1. The number of rotatable bonds is 9. The van der Waals surface area contributed by atoms with E-state index in [1.54, 1.807) is 6.07 Å². The van der Waals surface area contributed by atoms with Crippen molar-refractivity contribution in [2.75, 3.05) is 25.0 Å². The third kappa shape index (κ3) is 6.58. The Morgan fingerprint density at radius 2 is 2.10 bits per heavy atom. The normalized spacial score (nSPS) is 10.7. The molecular weight excluding hydrogens is 266 g/mol. The standard InChI is InChI=1S/C16H27N3O2/c1-5-7-14-10-13(11-15(19-14)17-6-2)16(20)18-8-9-21-12(3)4/h10-12H,5-9H2,1-4H3,(H,17,19)(H,18,20). The van der Waals surface area contributed by atoms with Crippen molar-refractivity contribution in [1.29, 1.82) is 0 Å². The van der Waals surface area contributed by atoms with Crippen molar-refractivity contribution in [2.45, 2.75) is 46.6 Å². The summed E-state index contributed by atoms with van der Waals surface area (Å²) in [6.45, 7) is 9.89. The van der Waals surface area contributed by atoms with E-state index >= 15 is 0 Å². The van der Waals surface area contributed by atoms with Gasteiger partial charge in [0.05, 0.1) is 12.7 Å². The molecular formula is C16H27N3O2. The lowest BCUT2D eigenvalue weighted by Crippen LogP contribution is -2.28. The first-order valence-corrected chi connectivity index (χ1v) is 7.71. The molecule has 5 nitrogen and oxygen atoms in total. The highest BCUT2D eigenvalue weighted by molar-refractivity contribution is 5.95. The molecule has 1 aromatic rings. The van der Waals surface area contributed by atoms with Gasteiger partial charge in [0, 0.05) is 24.3 Å². The molecule has 1 amide bonds. The van der Waals surface area contributed by atoms with Crippen LogP contribution in [0.5, 0.6) is 0 Å². The Balaban J connectivity index is 2.68. The van der Waals surface area contributed by atoms with Gasteiger partial charge in [0.15, 0.2) is 0 Å². The highest BCUT2D eigenvalue weighted by atomic mass is 16.5. The predicted octanol–water partition coefficient (Wildman–Crippen LogP) is 2.62. The van der Waals surface area contributed by atoms with Crippen molar-refractivity contribution in [3.63, 3.8) is 0 Å². The Hall–Kier alpha value is -1.62. The summed E-state index contributed by atoms with van der Waals surface area (Å²) >= 11 is 0. The monoisotopic (exact) mass is 293 g/mol. The van der Waals surface area contributed by atoms with E-state index in [0.29, 0.717) is 18.7 Å². The molecule has 1 heterocycles. The SMILES string of the molecule is CCCc1cc(C(=O)NCCOC(C)C)cc(NCC)n1. The Morgan fingerprint density at radius 1 is 1.33 bits per heavy atom. The number of aromatic nitrogens is 1. The van der Waals surface area contributed by atoms with Crippen molar-refractivity contribution >= 4 is 11.7 Å². The summed E-state index contributed by atoms with van der Waals surface area (Å²) < 4.78 is 5.41. The zero-order valence-electron chi connectivity index (χ0n) is 13.5. The van der Waals surface area contributed by atoms with Crippen LogP contribution in [0.15, 0.2) is 12.1 Å². The first-order chi connectivity index (χ1) is 10.1. The van der Waals surface area contributed by atoms with E-state index in [9.17, 15) is 4.79 Å². The Labute approximate surface area is 127 Å². The fraction of sp³-hybridized carbons (Fsp3) is 0.625. The molecule has 5 heteroatoms. The Bertz CT molecular complexity index is 423. The van der Waals surface area contributed by atoms with E-state index in [-0.39, 0.29) is 12.0 Å². The van der Waals surface area contributed by atoms with Gasteiger partial charge in [-0.2, -0.15) is 0 Å². The van der Waals surface area contributed by atoms with Crippen LogP contribution in [0, 0.1) is 0 Å². The molecule has 0 aliphatic rings. The molecule has 0 aliphatic heterocycles. The second-order valence-corrected chi connectivity index (χ2v) is 5.19. The topological polar surface area (TPSA) is 63.2 Å². The van der Waals surface area contributed by atoms with Gasteiger partial charge in [0.25, 0.3) is 5.91 Å². The third-order valence-corrected chi connectivity index (χ3v) is 2.84. The van der Waals surface area contributed by atoms with Crippen LogP contribution in [0.1, 0.15) is 50.2 Å². The number of amides is 1. The van der Waals surface area contributed by atoms with Gasteiger partial charge in [-0.15, -0.1) is 0 Å². The summed E-state index contributed by atoms with van der Waals surface area (Å²) in [5.41, 5.74) is 1.59. The molecule has 1 aromatic heterocycles. The summed E-state index contributed by atoms with van der Waals surface area (Å²) in [4.78, 5) is 16.7. The summed E-state index contributed by atoms with van der Waals surface area (Å²) in [5.74, 6) is 0.674. The van der Waals surface area contributed by atoms with Gasteiger partial charge >= 0.3 is 0 Å². The van der Waals surface area contributed by atoms with Crippen LogP contribution in [0.25, 0.3) is 0 Å². The largest absolute Gasteiger partial charge is 0.377 e. The number of ether oxygens (including phenoxy) is 1. The zero-order chi connectivity index (χ0) is 15.7. The van der Waals surface area contributed by atoms with Gasteiger partial charge < -0.3 is 15.4 Å². The average Bonchev–Trinajstić information content (AvgIpc) is 2.43. The molecule has 0 fully saturated rings. The smallest absolute Gasteiger partial charge is 0.251 e. The highest BCUT2D eigenvalue weighted by Crippen LogP contribution is 2.12. The molecule has 0 saturated carbocycles. The van der Waals surface area contributed by atoms with Crippen molar-refractivity contribution in [3.05, 3.63) is 23.4 Å². The van der Waals surface area contributed by atoms with Crippen LogP contribution in [-0.4, -0.2) is 36.7 Å². The molecule has 21 heavy (non-hydrogen) atoms. The van der Waals surface area contributed by atoms with Crippen LogP contribution in [0.4, 0.5) is 5.82 Å². The molecule has 0 bridgehead atoms. The highest BCUT2D eigenvalue weighted by Gasteiger charge is 2.09. The number of carbonyl (C=O) groups is 1. The van der Waals surface area contributed by atoms with Crippen molar-refractivity contribution in [2.24, 2.45) is 0 Å². The van der Waals surface area contributed by atoms with Gasteiger partial charge in [-0.1, -0.05) is 13.3 Å². The molecule has 0 aliphatic carbocycles. The molecule has 1 rings (SSSR count). The molecule has 2 N–H and O–H groups in total. The number of hydrogen-bond acceptors (Lipinski definition) is 4. The van der Waals surface area contributed by atoms with Gasteiger partial charge in [0.1, 0.15) is 5.82 Å². The second kappa shape index (κ2) is 9.34. The van der Waals surface area contributed by atoms with E-state index in [4.69, 9.17) is 4.74 Å². The number of nitrogens with zero attached hydrogens (tertiary/aromatic N) is 1. The first-order valence-electron chi connectivity index (χ1n) is 7.71. The molecule has 0 saturated heterocycles. The Morgan fingerprint density at radius 3 is 2.71 bits per heavy atom. The van der Waals surface area contributed by atoms with Crippen LogP contribution in [0.3, 0.4) is 0 Å². The zero-order valence-corrected chi connectivity index (χ0v) is 13.5. The van der Waals surface area contributed by atoms with Crippen LogP contribution < -0.4 is 10.6 Å². The fourth-order valence-corrected chi connectivity index (χ4v) is 1.94. The number of hydrogen-bond donors (Lipinski definition) is 2. The lowest BCUT2D eigenvalue weighted by Gasteiger charge is -2.11. The maximum absolute atomic E-state index is 12.2. The van der Waals surface area contributed by atoms with Crippen LogP contribution in [0.2, 0.25) is 0 Å². The van der Waals surface area contributed by atoms with E-state index < -0.39 is 0 Å². The van der Waals surface area contributed by atoms with E-state index in [2.05, 4.69) is 22.5 Å². The first kappa shape index (κ1) is 17.4. The number of aryl methyl sites for hydroxylation is 1. The molecule has 0 unspecified atom stereocenters. The minimum Gasteiger partial charge on any atom is -0.377 e. The molecule has 0 radical (unpaired) electrons. The van der Waals surface area contributed by atoms with Crippen molar-refractivity contribution in [3.8, 4) is 0 Å².